The third kappa shape index (κ3) is 6.06. The molecule has 0 radical (unpaired) electrons. The van der Waals surface area contributed by atoms with Gasteiger partial charge in [0.2, 0.25) is 0 Å². The topological polar surface area (TPSA) is 33.7 Å². The minimum Gasteiger partial charge on any atom is -0.491 e. The SMILES string of the molecule is Cc1cccc(C)c1OCC(C)NCc1cccc(CN2CCOCC2)c1. The molecule has 1 fully saturated rings. The number of nitrogens with zero attached hydrogens (tertiary/aromatic N) is 1. The van der Waals surface area contributed by atoms with Gasteiger partial charge in [0.15, 0.2) is 0 Å². The fourth-order valence-corrected chi connectivity index (χ4v) is 3.44. The second-order valence-electron chi connectivity index (χ2n) is 7.52. The third-order valence-electron chi connectivity index (χ3n) is 5.04. The van der Waals surface area contributed by atoms with E-state index in [0.717, 1.165) is 45.1 Å². The number of ether oxygens (including phenoxy) is 2. The Morgan fingerprint density at radius 3 is 2.44 bits per heavy atom. The van der Waals surface area contributed by atoms with Crippen LogP contribution < -0.4 is 10.1 Å². The molecule has 0 aromatic heterocycles. The van der Waals surface area contributed by atoms with Gasteiger partial charge in [0.1, 0.15) is 12.4 Å². The molecule has 0 spiro atoms. The maximum Gasteiger partial charge on any atom is 0.125 e. The molecule has 1 N–H and O–H groups in total. The summed E-state index contributed by atoms with van der Waals surface area (Å²) in [4.78, 5) is 2.46. The number of nitrogens with one attached hydrogen (secondary N) is 1. The Labute approximate surface area is 163 Å². The summed E-state index contributed by atoms with van der Waals surface area (Å²) in [6.07, 6.45) is 0. The molecular formula is C23H32N2O2. The molecule has 2 aromatic rings. The summed E-state index contributed by atoms with van der Waals surface area (Å²) in [6.45, 7) is 12.6. The van der Waals surface area contributed by atoms with E-state index in [0.29, 0.717) is 6.61 Å². The van der Waals surface area contributed by atoms with Crippen molar-refractivity contribution < 1.29 is 9.47 Å². The van der Waals surface area contributed by atoms with Crippen LogP contribution in [0.25, 0.3) is 0 Å². The van der Waals surface area contributed by atoms with Gasteiger partial charge >= 0.3 is 0 Å². The quantitative estimate of drug-likeness (QED) is 0.770. The summed E-state index contributed by atoms with van der Waals surface area (Å²) < 4.78 is 11.5. The molecule has 1 aliphatic heterocycles. The molecular weight excluding hydrogens is 336 g/mol. The first kappa shape index (κ1) is 19.9. The Bertz CT molecular complexity index is 706. The van der Waals surface area contributed by atoms with Crippen LogP contribution in [-0.4, -0.2) is 43.9 Å². The molecule has 1 aliphatic rings. The molecule has 1 heterocycles. The Morgan fingerprint density at radius 1 is 1.04 bits per heavy atom. The van der Waals surface area contributed by atoms with Crippen molar-refractivity contribution in [3.05, 3.63) is 64.7 Å². The Balaban J connectivity index is 1.47. The van der Waals surface area contributed by atoms with Crippen molar-refractivity contribution in [3.63, 3.8) is 0 Å². The van der Waals surface area contributed by atoms with Crippen LogP contribution in [0.1, 0.15) is 29.2 Å². The summed E-state index contributed by atoms with van der Waals surface area (Å²) >= 11 is 0. The van der Waals surface area contributed by atoms with Gasteiger partial charge in [-0.3, -0.25) is 4.90 Å². The normalized spacial score (nSPS) is 16.3. The van der Waals surface area contributed by atoms with E-state index in [1.54, 1.807) is 0 Å². The summed E-state index contributed by atoms with van der Waals surface area (Å²) in [6, 6.07) is 15.4. The highest BCUT2D eigenvalue weighted by molar-refractivity contribution is 5.39. The molecule has 0 bridgehead atoms. The lowest BCUT2D eigenvalue weighted by Gasteiger charge is -2.26. The zero-order valence-corrected chi connectivity index (χ0v) is 16.8. The van der Waals surface area contributed by atoms with E-state index < -0.39 is 0 Å². The minimum atomic E-state index is 0.284. The van der Waals surface area contributed by atoms with Crippen molar-refractivity contribution in [1.29, 1.82) is 0 Å². The number of hydrogen-bond donors (Lipinski definition) is 1. The summed E-state index contributed by atoms with van der Waals surface area (Å²) in [5.74, 6) is 1.01. The van der Waals surface area contributed by atoms with Crippen molar-refractivity contribution >= 4 is 0 Å². The number of aryl methyl sites for hydroxylation is 2. The van der Waals surface area contributed by atoms with Crippen LogP contribution in [0.15, 0.2) is 42.5 Å². The lowest BCUT2D eigenvalue weighted by Crippen LogP contribution is -2.35. The lowest BCUT2D eigenvalue weighted by molar-refractivity contribution is 0.0342. The molecule has 27 heavy (non-hydrogen) atoms. The Hall–Kier alpha value is -1.88. The Kier molecular flexibility index (Phi) is 7.27. The number of morpholine rings is 1. The predicted molar refractivity (Wildman–Crippen MR) is 110 cm³/mol. The molecule has 1 saturated heterocycles. The van der Waals surface area contributed by atoms with E-state index in [1.165, 1.54) is 22.3 Å². The molecule has 2 aromatic carbocycles. The minimum absolute atomic E-state index is 0.284. The standard InChI is InChI=1S/C23H32N2O2/c1-18-6-4-7-19(2)23(18)27-17-20(3)24-15-21-8-5-9-22(14-21)16-25-10-12-26-13-11-25/h4-9,14,20,24H,10-13,15-17H2,1-3H3. The van der Waals surface area contributed by atoms with E-state index in [4.69, 9.17) is 9.47 Å². The van der Waals surface area contributed by atoms with Crippen molar-refractivity contribution in [2.45, 2.75) is 39.9 Å². The van der Waals surface area contributed by atoms with Gasteiger partial charge in [-0.15, -0.1) is 0 Å². The van der Waals surface area contributed by atoms with Gasteiger partial charge in [0.05, 0.1) is 13.2 Å². The van der Waals surface area contributed by atoms with Crippen molar-refractivity contribution in [2.75, 3.05) is 32.9 Å². The van der Waals surface area contributed by atoms with Crippen LogP contribution in [-0.2, 0) is 17.8 Å². The van der Waals surface area contributed by atoms with Crippen LogP contribution in [0, 0.1) is 13.8 Å². The summed E-state index contributed by atoms with van der Waals surface area (Å²) in [5, 5.41) is 3.58. The predicted octanol–water partition coefficient (Wildman–Crippen LogP) is 3.69. The van der Waals surface area contributed by atoms with Gasteiger partial charge in [-0.25, -0.2) is 0 Å². The number of rotatable bonds is 8. The van der Waals surface area contributed by atoms with Crippen molar-refractivity contribution in [3.8, 4) is 5.75 Å². The lowest BCUT2D eigenvalue weighted by atomic mass is 10.1. The van der Waals surface area contributed by atoms with Gasteiger partial charge in [0.25, 0.3) is 0 Å². The number of benzene rings is 2. The van der Waals surface area contributed by atoms with E-state index in [9.17, 15) is 0 Å². The molecule has 0 amide bonds. The second kappa shape index (κ2) is 9.88. The number of para-hydroxylation sites is 1. The van der Waals surface area contributed by atoms with Crippen molar-refractivity contribution in [2.24, 2.45) is 0 Å². The molecule has 0 saturated carbocycles. The fraction of sp³-hybridized carbons (Fsp3) is 0.478. The molecule has 146 valence electrons. The van der Waals surface area contributed by atoms with Gasteiger partial charge in [0, 0.05) is 32.2 Å². The van der Waals surface area contributed by atoms with Crippen LogP contribution >= 0.6 is 0 Å². The molecule has 3 rings (SSSR count). The fourth-order valence-electron chi connectivity index (χ4n) is 3.44. The molecule has 1 atom stereocenters. The molecule has 1 unspecified atom stereocenters. The molecule has 4 nitrogen and oxygen atoms in total. The first-order chi connectivity index (χ1) is 13.1. The monoisotopic (exact) mass is 368 g/mol. The first-order valence-electron chi connectivity index (χ1n) is 9.92. The smallest absolute Gasteiger partial charge is 0.125 e. The average Bonchev–Trinajstić information content (AvgIpc) is 2.67. The highest BCUT2D eigenvalue weighted by Gasteiger charge is 2.11. The van der Waals surface area contributed by atoms with Crippen LogP contribution in [0.3, 0.4) is 0 Å². The molecule has 0 aliphatic carbocycles. The van der Waals surface area contributed by atoms with Gasteiger partial charge < -0.3 is 14.8 Å². The van der Waals surface area contributed by atoms with Crippen molar-refractivity contribution in [1.82, 2.24) is 10.2 Å². The van der Waals surface area contributed by atoms with E-state index in [-0.39, 0.29) is 6.04 Å². The second-order valence-corrected chi connectivity index (χ2v) is 7.52. The highest BCUT2D eigenvalue weighted by Crippen LogP contribution is 2.22. The highest BCUT2D eigenvalue weighted by atomic mass is 16.5. The van der Waals surface area contributed by atoms with Gasteiger partial charge in [-0.1, -0.05) is 42.5 Å². The number of hydrogen-bond acceptors (Lipinski definition) is 4. The average molecular weight is 369 g/mol. The van der Waals surface area contributed by atoms with Gasteiger partial charge in [-0.05, 0) is 43.0 Å². The zero-order chi connectivity index (χ0) is 19.1. The van der Waals surface area contributed by atoms with Gasteiger partial charge in [-0.2, -0.15) is 0 Å². The van der Waals surface area contributed by atoms with Crippen LogP contribution in [0.5, 0.6) is 5.75 Å². The first-order valence-corrected chi connectivity index (χ1v) is 9.92. The van der Waals surface area contributed by atoms with E-state index in [2.05, 4.69) is 73.5 Å². The molecule has 4 heteroatoms. The van der Waals surface area contributed by atoms with E-state index >= 15 is 0 Å². The maximum absolute atomic E-state index is 6.06. The van der Waals surface area contributed by atoms with E-state index in [1.807, 2.05) is 0 Å². The summed E-state index contributed by atoms with van der Waals surface area (Å²) in [7, 11) is 0. The zero-order valence-electron chi connectivity index (χ0n) is 16.8. The van der Waals surface area contributed by atoms with Crippen LogP contribution in [0.2, 0.25) is 0 Å². The largest absolute Gasteiger partial charge is 0.491 e. The Morgan fingerprint density at radius 2 is 1.70 bits per heavy atom. The summed E-state index contributed by atoms with van der Waals surface area (Å²) in [5.41, 5.74) is 5.08. The maximum atomic E-state index is 6.06. The van der Waals surface area contributed by atoms with Crippen LogP contribution in [0.4, 0.5) is 0 Å². The third-order valence-corrected chi connectivity index (χ3v) is 5.04.